The fraction of sp³-hybridized carbons (Fsp3) is 0.300. The average molecular weight is 337 g/mol. The van der Waals surface area contributed by atoms with Crippen LogP contribution in [0.3, 0.4) is 0 Å². The summed E-state index contributed by atoms with van der Waals surface area (Å²) in [6, 6.07) is 14.5. The van der Waals surface area contributed by atoms with Crippen molar-refractivity contribution < 1.29 is 9.59 Å². The van der Waals surface area contributed by atoms with Gasteiger partial charge in [0.1, 0.15) is 0 Å². The topological polar surface area (TPSA) is 52.7 Å². The van der Waals surface area contributed by atoms with Crippen LogP contribution >= 0.6 is 0 Å². The average Bonchev–Trinajstić information content (AvgIpc) is 2.64. The first-order valence-electron chi connectivity index (χ1n) is 8.49. The molecule has 1 fully saturated rings. The van der Waals surface area contributed by atoms with Crippen molar-refractivity contribution in [2.24, 2.45) is 0 Å². The summed E-state index contributed by atoms with van der Waals surface area (Å²) in [5, 5.41) is 2.91. The van der Waals surface area contributed by atoms with Crippen LogP contribution in [0.4, 0.5) is 5.69 Å². The van der Waals surface area contributed by atoms with E-state index in [9.17, 15) is 9.59 Å². The highest BCUT2D eigenvalue weighted by Gasteiger charge is 2.21. The maximum absolute atomic E-state index is 12.7. The molecule has 3 rings (SSSR count). The molecule has 1 aliphatic heterocycles. The number of rotatable bonds is 3. The van der Waals surface area contributed by atoms with E-state index < -0.39 is 0 Å². The molecule has 0 radical (unpaired) electrons. The van der Waals surface area contributed by atoms with E-state index in [0.717, 1.165) is 31.7 Å². The van der Waals surface area contributed by atoms with Gasteiger partial charge in [-0.05, 0) is 43.8 Å². The second-order valence-corrected chi connectivity index (χ2v) is 6.45. The number of aryl methyl sites for hydroxylation is 1. The lowest BCUT2D eigenvalue weighted by Crippen LogP contribution is -2.47. The number of nitrogens with one attached hydrogen (secondary N) is 1. The van der Waals surface area contributed by atoms with E-state index in [-0.39, 0.29) is 11.8 Å². The zero-order valence-corrected chi connectivity index (χ0v) is 14.7. The Morgan fingerprint density at radius 1 is 0.920 bits per heavy atom. The number of piperazine rings is 1. The van der Waals surface area contributed by atoms with Gasteiger partial charge < -0.3 is 15.1 Å². The number of anilines is 1. The predicted molar refractivity (Wildman–Crippen MR) is 99.0 cm³/mol. The Bertz CT molecular complexity index is 766. The first-order valence-corrected chi connectivity index (χ1v) is 8.49. The minimum absolute atomic E-state index is 0.0170. The quantitative estimate of drug-likeness (QED) is 0.937. The molecule has 1 aliphatic rings. The van der Waals surface area contributed by atoms with Gasteiger partial charge in [0, 0.05) is 43.0 Å². The van der Waals surface area contributed by atoms with Crippen molar-refractivity contribution in [3.05, 3.63) is 65.2 Å². The van der Waals surface area contributed by atoms with Crippen molar-refractivity contribution in [3.8, 4) is 0 Å². The molecule has 0 atom stereocenters. The third-order valence-electron chi connectivity index (χ3n) is 4.56. The van der Waals surface area contributed by atoms with E-state index in [1.54, 1.807) is 18.2 Å². The fourth-order valence-electron chi connectivity index (χ4n) is 2.87. The van der Waals surface area contributed by atoms with Gasteiger partial charge in [0.25, 0.3) is 11.8 Å². The van der Waals surface area contributed by atoms with E-state index in [1.165, 1.54) is 0 Å². The van der Waals surface area contributed by atoms with Crippen LogP contribution in [0.25, 0.3) is 0 Å². The number of hydrogen-bond donors (Lipinski definition) is 1. The molecule has 130 valence electrons. The highest BCUT2D eigenvalue weighted by Crippen LogP contribution is 2.19. The monoisotopic (exact) mass is 337 g/mol. The van der Waals surface area contributed by atoms with Crippen molar-refractivity contribution in [1.29, 1.82) is 0 Å². The molecule has 0 aliphatic carbocycles. The summed E-state index contributed by atoms with van der Waals surface area (Å²) in [5.41, 5.74) is 2.81. The number of carbonyl (C=O) groups is 2. The predicted octanol–water partition coefficient (Wildman–Crippen LogP) is 2.63. The van der Waals surface area contributed by atoms with Gasteiger partial charge in [-0.2, -0.15) is 0 Å². The van der Waals surface area contributed by atoms with Crippen LogP contribution in [0, 0.1) is 6.92 Å². The second kappa shape index (κ2) is 7.49. The largest absolute Gasteiger partial charge is 0.336 e. The molecule has 0 spiro atoms. The Kier molecular flexibility index (Phi) is 5.14. The molecule has 0 aromatic heterocycles. The Balaban J connectivity index is 1.76. The minimum atomic E-state index is -0.173. The highest BCUT2D eigenvalue weighted by atomic mass is 16.2. The Hall–Kier alpha value is -2.66. The molecule has 2 aromatic rings. The van der Waals surface area contributed by atoms with E-state index in [4.69, 9.17) is 0 Å². The lowest BCUT2D eigenvalue weighted by molar-refractivity contribution is 0.0664. The molecule has 1 heterocycles. The standard InChI is InChI=1S/C20H23N3O2/c1-15-8-9-17(20(25)23-12-10-22(2)11-13-23)14-18(15)21-19(24)16-6-4-3-5-7-16/h3-9,14H,10-13H2,1-2H3,(H,21,24). The summed E-state index contributed by atoms with van der Waals surface area (Å²) >= 11 is 0. The lowest BCUT2D eigenvalue weighted by Gasteiger charge is -2.32. The molecule has 5 heteroatoms. The first kappa shape index (κ1) is 17.2. The van der Waals surface area contributed by atoms with Crippen LogP contribution < -0.4 is 5.32 Å². The van der Waals surface area contributed by atoms with Gasteiger partial charge in [0.15, 0.2) is 0 Å². The SMILES string of the molecule is Cc1ccc(C(=O)N2CCN(C)CC2)cc1NC(=O)c1ccccc1. The van der Waals surface area contributed by atoms with Gasteiger partial charge in [-0.15, -0.1) is 0 Å². The first-order chi connectivity index (χ1) is 12.0. The summed E-state index contributed by atoms with van der Waals surface area (Å²) < 4.78 is 0. The third kappa shape index (κ3) is 4.06. The van der Waals surface area contributed by atoms with E-state index in [2.05, 4.69) is 17.3 Å². The number of nitrogens with zero attached hydrogens (tertiary/aromatic N) is 2. The molecule has 1 N–H and O–H groups in total. The maximum Gasteiger partial charge on any atom is 0.255 e. The maximum atomic E-state index is 12.7. The van der Waals surface area contributed by atoms with Gasteiger partial charge in [0.05, 0.1) is 0 Å². The number of likely N-dealkylation sites (N-methyl/N-ethyl adjacent to an activating group) is 1. The van der Waals surface area contributed by atoms with Crippen molar-refractivity contribution in [2.45, 2.75) is 6.92 Å². The summed E-state index contributed by atoms with van der Waals surface area (Å²) in [7, 11) is 2.06. The normalized spacial score (nSPS) is 15.0. The fourth-order valence-corrected chi connectivity index (χ4v) is 2.87. The molecule has 0 saturated carbocycles. The second-order valence-electron chi connectivity index (χ2n) is 6.45. The van der Waals surface area contributed by atoms with Crippen LogP contribution in [0.2, 0.25) is 0 Å². The van der Waals surface area contributed by atoms with Crippen LogP contribution in [-0.2, 0) is 0 Å². The molecule has 2 aromatic carbocycles. The van der Waals surface area contributed by atoms with Gasteiger partial charge in [-0.25, -0.2) is 0 Å². The van der Waals surface area contributed by atoms with Crippen molar-refractivity contribution in [1.82, 2.24) is 9.80 Å². The smallest absolute Gasteiger partial charge is 0.255 e. The number of amides is 2. The van der Waals surface area contributed by atoms with E-state index in [1.807, 2.05) is 42.2 Å². The van der Waals surface area contributed by atoms with Crippen LogP contribution in [0.5, 0.6) is 0 Å². The molecule has 1 saturated heterocycles. The number of benzene rings is 2. The summed E-state index contributed by atoms with van der Waals surface area (Å²) in [5.74, 6) is -0.156. The molecule has 5 nitrogen and oxygen atoms in total. The van der Waals surface area contributed by atoms with Gasteiger partial charge in [0.2, 0.25) is 0 Å². The number of hydrogen-bond acceptors (Lipinski definition) is 3. The van der Waals surface area contributed by atoms with Crippen LogP contribution in [0.1, 0.15) is 26.3 Å². The zero-order chi connectivity index (χ0) is 17.8. The van der Waals surface area contributed by atoms with E-state index >= 15 is 0 Å². The van der Waals surface area contributed by atoms with Crippen molar-refractivity contribution in [2.75, 3.05) is 38.5 Å². The third-order valence-corrected chi connectivity index (χ3v) is 4.56. The van der Waals surface area contributed by atoms with Gasteiger partial charge in [-0.1, -0.05) is 24.3 Å². The zero-order valence-electron chi connectivity index (χ0n) is 14.7. The van der Waals surface area contributed by atoms with Crippen LogP contribution in [-0.4, -0.2) is 54.8 Å². The molecule has 2 amide bonds. The Labute approximate surface area is 148 Å². The summed E-state index contributed by atoms with van der Waals surface area (Å²) in [4.78, 5) is 29.2. The summed E-state index contributed by atoms with van der Waals surface area (Å²) in [6.45, 7) is 5.15. The highest BCUT2D eigenvalue weighted by molar-refractivity contribution is 6.05. The van der Waals surface area contributed by atoms with Crippen molar-refractivity contribution in [3.63, 3.8) is 0 Å². The Morgan fingerprint density at radius 2 is 1.60 bits per heavy atom. The molecule has 0 unspecified atom stereocenters. The molecular formula is C20H23N3O2. The Morgan fingerprint density at radius 3 is 2.28 bits per heavy atom. The summed E-state index contributed by atoms with van der Waals surface area (Å²) in [6.07, 6.45) is 0. The van der Waals surface area contributed by atoms with Crippen molar-refractivity contribution >= 4 is 17.5 Å². The lowest BCUT2D eigenvalue weighted by atomic mass is 10.1. The van der Waals surface area contributed by atoms with Crippen LogP contribution in [0.15, 0.2) is 48.5 Å². The number of carbonyl (C=O) groups excluding carboxylic acids is 2. The minimum Gasteiger partial charge on any atom is -0.336 e. The molecule has 25 heavy (non-hydrogen) atoms. The molecule has 0 bridgehead atoms. The molecular weight excluding hydrogens is 314 g/mol. The van der Waals surface area contributed by atoms with Gasteiger partial charge >= 0.3 is 0 Å². The van der Waals surface area contributed by atoms with Gasteiger partial charge in [-0.3, -0.25) is 9.59 Å². The van der Waals surface area contributed by atoms with E-state index in [0.29, 0.717) is 16.8 Å².